The molecule has 98 valence electrons. The third-order valence-electron chi connectivity index (χ3n) is 2.39. The van der Waals surface area contributed by atoms with Crippen LogP contribution in [0.15, 0.2) is 12.1 Å². The summed E-state index contributed by atoms with van der Waals surface area (Å²) in [4.78, 5) is 23.1. The summed E-state index contributed by atoms with van der Waals surface area (Å²) in [5.74, 6) is -0.917. The molecule has 0 radical (unpaired) electrons. The van der Waals surface area contributed by atoms with Gasteiger partial charge in [0, 0.05) is 12.0 Å². The maximum Gasteiger partial charge on any atom is 0.324 e. The predicted octanol–water partition coefficient (Wildman–Crippen LogP) is 3.66. The summed E-state index contributed by atoms with van der Waals surface area (Å²) in [6.07, 6.45) is -0.146. The summed E-state index contributed by atoms with van der Waals surface area (Å²) in [5, 5.41) is -0.340. The van der Waals surface area contributed by atoms with E-state index >= 15 is 0 Å². The third-order valence-corrected chi connectivity index (χ3v) is 3.44. The van der Waals surface area contributed by atoms with E-state index in [0.717, 1.165) is 0 Å². The lowest BCUT2D eigenvalue weighted by atomic mass is 10.0. The second kappa shape index (κ2) is 6.41. The Morgan fingerprint density at radius 3 is 2.39 bits per heavy atom. The summed E-state index contributed by atoms with van der Waals surface area (Å²) in [6.45, 7) is 1.73. The van der Waals surface area contributed by atoms with Crippen molar-refractivity contribution in [3.63, 3.8) is 0 Å². The lowest BCUT2D eigenvalue weighted by Crippen LogP contribution is -2.20. The molecule has 1 rings (SSSR count). The topological polar surface area (TPSA) is 43.4 Å². The minimum atomic E-state index is -1.00. The van der Waals surface area contributed by atoms with Crippen LogP contribution in [0.5, 0.6) is 0 Å². The Bertz CT molecular complexity index is 486. The van der Waals surface area contributed by atoms with Crippen LogP contribution in [0.25, 0.3) is 0 Å². The van der Waals surface area contributed by atoms with E-state index in [1.807, 2.05) is 0 Å². The number of rotatable bonds is 4. The molecule has 0 N–H and O–H groups in total. The zero-order valence-corrected chi connectivity index (χ0v) is 12.1. The molecule has 0 saturated carbocycles. The van der Waals surface area contributed by atoms with Gasteiger partial charge in [-0.05, 0) is 24.6 Å². The number of Topliss-reactive ketones (excluding diaryl/α,β-unsaturated/α-hetero) is 1. The number of halogens is 3. The van der Waals surface area contributed by atoms with Crippen molar-refractivity contribution in [3.8, 4) is 0 Å². The van der Waals surface area contributed by atoms with Crippen LogP contribution in [0.3, 0.4) is 0 Å². The highest BCUT2D eigenvalue weighted by atomic mass is 35.5. The molecule has 3 nitrogen and oxygen atoms in total. The number of hydrogen-bond donors (Lipinski definition) is 0. The zero-order valence-electron chi connectivity index (χ0n) is 9.80. The molecule has 0 saturated heterocycles. The van der Waals surface area contributed by atoms with Crippen molar-refractivity contribution in [1.82, 2.24) is 0 Å². The first-order valence-electron chi connectivity index (χ1n) is 5.07. The van der Waals surface area contributed by atoms with Gasteiger partial charge in [-0.1, -0.05) is 23.2 Å². The number of carbonyl (C=O) groups is 2. The number of carbonyl (C=O) groups excluding carboxylic acids is 2. The highest BCUT2D eigenvalue weighted by Gasteiger charge is 2.22. The van der Waals surface area contributed by atoms with Crippen LogP contribution in [0.2, 0.25) is 10.0 Å². The molecule has 0 fully saturated rings. The Hall–Kier alpha value is -0.770. The van der Waals surface area contributed by atoms with Gasteiger partial charge in [-0.2, -0.15) is 0 Å². The van der Waals surface area contributed by atoms with Gasteiger partial charge in [0.1, 0.15) is 5.38 Å². The number of ketones is 1. The number of benzene rings is 1. The molecule has 0 aliphatic carbocycles. The van der Waals surface area contributed by atoms with Gasteiger partial charge in [-0.25, -0.2) is 0 Å². The lowest BCUT2D eigenvalue weighted by molar-refractivity contribution is -0.140. The highest BCUT2D eigenvalue weighted by Crippen LogP contribution is 2.26. The maximum atomic E-state index is 12.0. The normalized spacial score (nSPS) is 12.1. The van der Waals surface area contributed by atoms with Crippen LogP contribution in [0, 0.1) is 6.92 Å². The average Bonchev–Trinajstić information content (AvgIpc) is 2.32. The summed E-state index contributed by atoms with van der Waals surface area (Å²) in [6, 6.07) is 3.07. The minimum absolute atomic E-state index is 0.146. The Morgan fingerprint density at radius 2 is 1.83 bits per heavy atom. The Morgan fingerprint density at radius 1 is 1.28 bits per heavy atom. The molecule has 6 heteroatoms. The van der Waals surface area contributed by atoms with E-state index in [0.29, 0.717) is 16.1 Å². The molecule has 0 spiro atoms. The molecule has 0 aliphatic heterocycles. The highest BCUT2D eigenvalue weighted by molar-refractivity contribution is 6.42. The average molecular weight is 310 g/mol. The predicted molar refractivity (Wildman–Crippen MR) is 71.8 cm³/mol. The fourth-order valence-electron chi connectivity index (χ4n) is 1.43. The van der Waals surface area contributed by atoms with E-state index in [1.54, 1.807) is 13.0 Å². The quantitative estimate of drug-likeness (QED) is 0.484. The van der Waals surface area contributed by atoms with E-state index in [9.17, 15) is 9.59 Å². The fraction of sp³-hybridized carbons (Fsp3) is 0.333. The molecule has 1 atom stereocenters. The van der Waals surface area contributed by atoms with E-state index in [2.05, 4.69) is 4.74 Å². The van der Waals surface area contributed by atoms with Crippen molar-refractivity contribution < 1.29 is 14.3 Å². The standard InChI is InChI=1S/C12H11Cl3O3/c1-6-3-8(13)9(14)4-7(6)11(16)5-10(15)12(17)18-2/h3-4,10H,5H2,1-2H3. The van der Waals surface area contributed by atoms with Crippen LogP contribution in [-0.4, -0.2) is 24.2 Å². The molecule has 0 amide bonds. The number of ether oxygens (including phenoxy) is 1. The van der Waals surface area contributed by atoms with Gasteiger partial charge < -0.3 is 4.74 Å². The van der Waals surface area contributed by atoms with Crippen molar-refractivity contribution in [3.05, 3.63) is 33.3 Å². The van der Waals surface area contributed by atoms with Crippen molar-refractivity contribution in [2.24, 2.45) is 0 Å². The first-order chi connectivity index (χ1) is 8.36. The van der Waals surface area contributed by atoms with Crippen LogP contribution in [0.1, 0.15) is 22.3 Å². The molecule has 1 aromatic rings. The van der Waals surface area contributed by atoms with Crippen LogP contribution in [0.4, 0.5) is 0 Å². The molecular weight excluding hydrogens is 298 g/mol. The first-order valence-corrected chi connectivity index (χ1v) is 6.26. The Kier molecular flexibility index (Phi) is 5.45. The number of esters is 1. The minimum Gasteiger partial charge on any atom is -0.468 e. The summed E-state index contributed by atoms with van der Waals surface area (Å²) >= 11 is 17.4. The second-order valence-corrected chi connectivity index (χ2v) is 5.04. The maximum absolute atomic E-state index is 12.0. The van der Waals surface area contributed by atoms with Gasteiger partial charge >= 0.3 is 5.97 Å². The van der Waals surface area contributed by atoms with Gasteiger partial charge in [0.25, 0.3) is 0 Å². The van der Waals surface area contributed by atoms with Gasteiger partial charge in [-0.15, -0.1) is 11.6 Å². The van der Waals surface area contributed by atoms with Gasteiger partial charge in [-0.3, -0.25) is 9.59 Å². The first kappa shape index (κ1) is 15.3. The third kappa shape index (κ3) is 3.61. The smallest absolute Gasteiger partial charge is 0.324 e. The Balaban J connectivity index is 2.91. The number of aryl methyl sites for hydroxylation is 1. The number of hydrogen-bond acceptors (Lipinski definition) is 3. The number of alkyl halides is 1. The van der Waals surface area contributed by atoms with Crippen LogP contribution >= 0.6 is 34.8 Å². The van der Waals surface area contributed by atoms with Crippen molar-refractivity contribution in [2.45, 2.75) is 18.7 Å². The van der Waals surface area contributed by atoms with E-state index in [1.165, 1.54) is 13.2 Å². The molecule has 0 aromatic heterocycles. The van der Waals surface area contributed by atoms with E-state index in [-0.39, 0.29) is 17.2 Å². The summed E-state index contributed by atoms with van der Waals surface area (Å²) < 4.78 is 4.45. The molecule has 0 heterocycles. The van der Waals surface area contributed by atoms with Gasteiger partial charge in [0.15, 0.2) is 5.78 Å². The Labute approximate surface area is 120 Å². The summed E-state index contributed by atoms with van der Waals surface area (Å²) in [7, 11) is 1.21. The SMILES string of the molecule is COC(=O)C(Cl)CC(=O)c1cc(Cl)c(Cl)cc1C. The van der Waals surface area contributed by atoms with Crippen molar-refractivity contribution in [2.75, 3.05) is 7.11 Å². The van der Waals surface area contributed by atoms with Crippen molar-refractivity contribution in [1.29, 1.82) is 0 Å². The van der Waals surface area contributed by atoms with Crippen molar-refractivity contribution >= 4 is 46.6 Å². The molecule has 0 bridgehead atoms. The van der Waals surface area contributed by atoms with Gasteiger partial charge in [0.2, 0.25) is 0 Å². The lowest BCUT2D eigenvalue weighted by Gasteiger charge is -2.09. The molecule has 18 heavy (non-hydrogen) atoms. The van der Waals surface area contributed by atoms with E-state index in [4.69, 9.17) is 34.8 Å². The zero-order chi connectivity index (χ0) is 13.9. The van der Waals surface area contributed by atoms with Gasteiger partial charge in [0.05, 0.1) is 17.2 Å². The monoisotopic (exact) mass is 308 g/mol. The second-order valence-electron chi connectivity index (χ2n) is 3.70. The number of methoxy groups -OCH3 is 1. The largest absolute Gasteiger partial charge is 0.468 e. The van der Waals surface area contributed by atoms with E-state index < -0.39 is 11.3 Å². The van der Waals surface area contributed by atoms with Crippen LogP contribution < -0.4 is 0 Å². The molecular formula is C12H11Cl3O3. The summed E-state index contributed by atoms with van der Waals surface area (Å²) in [5.41, 5.74) is 1.09. The van der Waals surface area contributed by atoms with Crippen LogP contribution in [-0.2, 0) is 9.53 Å². The molecule has 0 aliphatic rings. The molecule has 1 aromatic carbocycles. The molecule has 1 unspecified atom stereocenters. The fourth-order valence-corrected chi connectivity index (χ4v) is 2.04.